The smallest absolute Gasteiger partial charge is 0.273 e. The van der Waals surface area contributed by atoms with Crippen LogP contribution in [0.5, 0.6) is 0 Å². The number of carbonyl (C=O) groups excluding carboxylic acids is 1. The van der Waals surface area contributed by atoms with Gasteiger partial charge in [-0.3, -0.25) is 4.79 Å². The second kappa shape index (κ2) is 4.65. The van der Waals surface area contributed by atoms with E-state index in [1.165, 1.54) is 19.2 Å². The minimum absolute atomic E-state index is 0.0703. The molecule has 1 fully saturated rings. The van der Waals surface area contributed by atoms with Crippen molar-refractivity contribution < 1.29 is 9.21 Å². The zero-order valence-electron chi connectivity index (χ0n) is 9.40. The average molecular weight is 223 g/mol. The Morgan fingerprint density at radius 3 is 3.12 bits per heavy atom. The summed E-state index contributed by atoms with van der Waals surface area (Å²) in [6, 6.07) is 0.0703. The zero-order chi connectivity index (χ0) is 11.5. The van der Waals surface area contributed by atoms with Crippen LogP contribution in [0.4, 0.5) is 0 Å². The Morgan fingerprint density at radius 2 is 2.50 bits per heavy atom. The minimum atomic E-state index is -0.193. The molecule has 1 amide bonds. The van der Waals surface area contributed by atoms with E-state index in [4.69, 9.17) is 10.2 Å². The molecule has 88 valence electrons. The first-order valence-electron chi connectivity index (χ1n) is 5.68. The Bertz CT molecular complexity index is 371. The summed E-state index contributed by atoms with van der Waals surface area (Å²) in [5.41, 5.74) is 6.27. The van der Waals surface area contributed by atoms with Crippen molar-refractivity contribution in [2.24, 2.45) is 11.7 Å². The number of nitrogens with one attached hydrogen (secondary N) is 1. The third-order valence-corrected chi connectivity index (χ3v) is 2.90. The van der Waals surface area contributed by atoms with Crippen molar-refractivity contribution in [1.82, 2.24) is 10.3 Å². The number of hydrogen-bond donors (Lipinski definition) is 2. The maximum atomic E-state index is 11.7. The van der Waals surface area contributed by atoms with Crippen LogP contribution >= 0.6 is 0 Å². The van der Waals surface area contributed by atoms with Gasteiger partial charge in [-0.15, -0.1) is 0 Å². The third-order valence-electron chi connectivity index (χ3n) is 2.90. The van der Waals surface area contributed by atoms with E-state index in [0.29, 0.717) is 30.3 Å². The number of oxazole rings is 1. The molecular weight excluding hydrogens is 206 g/mol. The van der Waals surface area contributed by atoms with Crippen LogP contribution in [-0.4, -0.2) is 23.5 Å². The van der Waals surface area contributed by atoms with Crippen molar-refractivity contribution in [3.05, 3.63) is 17.8 Å². The van der Waals surface area contributed by atoms with Crippen molar-refractivity contribution in [2.75, 3.05) is 6.54 Å². The summed E-state index contributed by atoms with van der Waals surface area (Å²) in [5, 5.41) is 2.79. The molecule has 0 spiro atoms. The van der Waals surface area contributed by atoms with Crippen molar-refractivity contribution in [3.63, 3.8) is 0 Å². The van der Waals surface area contributed by atoms with E-state index in [1.54, 1.807) is 0 Å². The molecule has 1 saturated carbocycles. The molecule has 0 saturated heterocycles. The molecule has 0 aliphatic heterocycles. The van der Waals surface area contributed by atoms with Crippen molar-refractivity contribution in [2.45, 2.75) is 32.2 Å². The van der Waals surface area contributed by atoms with E-state index in [-0.39, 0.29) is 11.9 Å². The van der Waals surface area contributed by atoms with Crippen molar-refractivity contribution in [3.8, 4) is 0 Å². The maximum Gasteiger partial charge on any atom is 0.273 e. The number of rotatable bonds is 5. The van der Waals surface area contributed by atoms with Gasteiger partial charge in [0.05, 0.1) is 0 Å². The summed E-state index contributed by atoms with van der Waals surface area (Å²) < 4.78 is 5.10. The molecule has 5 heteroatoms. The molecule has 1 aliphatic carbocycles. The number of aryl methyl sites for hydroxylation is 1. The highest BCUT2D eigenvalue weighted by Gasteiger charge is 2.28. The number of amides is 1. The number of aromatic nitrogens is 1. The molecule has 0 aromatic carbocycles. The zero-order valence-corrected chi connectivity index (χ0v) is 9.40. The first-order chi connectivity index (χ1) is 7.72. The minimum Gasteiger partial charge on any atom is -0.448 e. The Morgan fingerprint density at radius 1 is 1.75 bits per heavy atom. The van der Waals surface area contributed by atoms with E-state index in [2.05, 4.69) is 10.3 Å². The van der Waals surface area contributed by atoms with Gasteiger partial charge in [-0.25, -0.2) is 4.98 Å². The molecule has 0 radical (unpaired) electrons. The van der Waals surface area contributed by atoms with Gasteiger partial charge >= 0.3 is 0 Å². The molecule has 3 N–H and O–H groups in total. The monoisotopic (exact) mass is 223 g/mol. The standard InChI is InChI=1S/C11H17N3O2/c1-2-9-10(14-6-16-9)11(15)13-5-8(12)7-3-4-7/h6-8H,2-5,12H2,1H3,(H,13,15). The molecule has 0 bridgehead atoms. The van der Waals surface area contributed by atoms with Crippen LogP contribution in [0.3, 0.4) is 0 Å². The topological polar surface area (TPSA) is 81.2 Å². The van der Waals surface area contributed by atoms with Gasteiger partial charge in [0.15, 0.2) is 12.1 Å². The molecule has 2 rings (SSSR count). The summed E-state index contributed by atoms with van der Waals surface area (Å²) in [4.78, 5) is 15.6. The summed E-state index contributed by atoms with van der Waals surface area (Å²) in [5.74, 6) is 1.02. The summed E-state index contributed by atoms with van der Waals surface area (Å²) in [6.07, 6.45) is 4.33. The van der Waals surface area contributed by atoms with Gasteiger partial charge in [-0.05, 0) is 18.8 Å². The molecule has 1 unspecified atom stereocenters. The van der Waals surface area contributed by atoms with Gasteiger partial charge in [-0.2, -0.15) is 0 Å². The molecule has 1 aliphatic rings. The predicted octanol–water partition coefficient (Wildman–Crippen LogP) is 0.704. The molecule has 1 heterocycles. The molecule has 5 nitrogen and oxygen atoms in total. The molecular formula is C11H17N3O2. The molecule has 1 aromatic rings. The van der Waals surface area contributed by atoms with E-state index in [1.807, 2.05) is 6.92 Å². The van der Waals surface area contributed by atoms with Crippen molar-refractivity contribution >= 4 is 5.91 Å². The lowest BCUT2D eigenvalue weighted by molar-refractivity contribution is 0.0944. The van der Waals surface area contributed by atoms with E-state index < -0.39 is 0 Å². The van der Waals surface area contributed by atoms with E-state index in [0.717, 1.165) is 0 Å². The fourth-order valence-corrected chi connectivity index (χ4v) is 1.69. The van der Waals surface area contributed by atoms with Crippen LogP contribution in [0.15, 0.2) is 10.8 Å². The van der Waals surface area contributed by atoms with Gasteiger partial charge in [-0.1, -0.05) is 6.92 Å². The lowest BCUT2D eigenvalue weighted by atomic mass is 10.2. The van der Waals surface area contributed by atoms with Crippen LogP contribution < -0.4 is 11.1 Å². The highest BCUT2D eigenvalue weighted by molar-refractivity contribution is 5.93. The van der Waals surface area contributed by atoms with Crippen LogP contribution in [0.1, 0.15) is 36.0 Å². The normalized spacial score (nSPS) is 17.1. The number of carbonyl (C=O) groups is 1. The van der Waals surface area contributed by atoms with Gasteiger partial charge < -0.3 is 15.5 Å². The number of nitrogens with two attached hydrogens (primary N) is 1. The molecule has 1 aromatic heterocycles. The van der Waals surface area contributed by atoms with E-state index >= 15 is 0 Å². The van der Waals surface area contributed by atoms with Gasteiger partial charge in [0.25, 0.3) is 5.91 Å². The van der Waals surface area contributed by atoms with Crippen LogP contribution in [0, 0.1) is 5.92 Å². The second-order valence-electron chi connectivity index (χ2n) is 4.19. The largest absolute Gasteiger partial charge is 0.448 e. The highest BCUT2D eigenvalue weighted by Crippen LogP contribution is 2.31. The SMILES string of the molecule is CCc1ocnc1C(=O)NCC(N)C1CC1. The average Bonchev–Trinajstić information content (AvgIpc) is 3.03. The first kappa shape index (κ1) is 11.1. The van der Waals surface area contributed by atoms with Crippen LogP contribution in [0.2, 0.25) is 0 Å². The number of nitrogens with zero attached hydrogens (tertiary/aromatic N) is 1. The predicted molar refractivity (Wildman–Crippen MR) is 58.9 cm³/mol. The fraction of sp³-hybridized carbons (Fsp3) is 0.636. The Labute approximate surface area is 94.4 Å². The Balaban J connectivity index is 1.87. The lowest BCUT2D eigenvalue weighted by Crippen LogP contribution is -2.38. The van der Waals surface area contributed by atoms with E-state index in [9.17, 15) is 4.79 Å². The molecule has 16 heavy (non-hydrogen) atoms. The van der Waals surface area contributed by atoms with Gasteiger partial charge in [0, 0.05) is 19.0 Å². The Kier molecular flexibility index (Phi) is 3.24. The second-order valence-corrected chi connectivity index (χ2v) is 4.19. The Hall–Kier alpha value is -1.36. The first-order valence-corrected chi connectivity index (χ1v) is 5.68. The maximum absolute atomic E-state index is 11.7. The van der Waals surface area contributed by atoms with Gasteiger partial charge in [0.2, 0.25) is 0 Å². The highest BCUT2D eigenvalue weighted by atomic mass is 16.3. The molecule has 1 atom stereocenters. The lowest BCUT2D eigenvalue weighted by Gasteiger charge is -2.10. The third kappa shape index (κ3) is 2.41. The number of hydrogen-bond acceptors (Lipinski definition) is 4. The summed E-state index contributed by atoms with van der Waals surface area (Å²) in [6.45, 7) is 2.44. The van der Waals surface area contributed by atoms with Crippen LogP contribution in [0.25, 0.3) is 0 Å². The van der Waals surface area contributed by atoms with Crippen LogP contribution in [-0.2, 0) is 6.42 Å². The fourth-order valence-electron chi connectivity index (χ4n) is 1.69. The summed E-state index contributed by atoms with van der Waals surface area (Å²) >= 11 is 0. The van der Waals surface area contributed by atoms with Gasteiger partial charge in [0.1, 0.15) is 5.76 Å². The summed E-state index contributed by atoms with van der Waals surface area (Å²) in [7, 11) is 0. The quantitative estimate of drug-likeness (QED) is 0.770. The van der Waals surface area contributed by atoms with Crippen molar-refractivity contribution in [1.29, 1.82) is 0 Å².